The van der Waals surface area contributed by atoms with Crippen molar-refractivity contribution >= 4 is 29.2 Å². The van der Waals surface area contributed by atoms with Gasteiger partial charge in [-0.25, -0.2) is 0 Å². The average Bonchev–Trinajstić information content (AvgIpc) is 2.32. The number of phenolic OH excluding ortho intramolecular Hbond substituents is 1. The summed E-state index contributed by atoms with van der Waals surface area (Å²) in [4.78, 5) is 11.0. The van der Waals surface area contributed by atoms with Crippen molar-refractivity contribution in [3.8, 4) is 5.75 Å². The topological polar surface area (TPSA) is 72.5 Å². The Labute approximate surface area is 116 Å². The molecule has 1 aromatic carbocycles. The van der Waals surface area contributed by atoms with E-state index < -0.39 is 0 Å². The molecule has 0 bridgehead atoms. The van der Waals surface area contributed by atoms with Crippen LogP contribution in [0.4, 0.5) is 0 Å². The van der Waals surface area contributed by atoms with Gasteiger partial charge in [0.1, 0.15) is 5.75 Å². The fourth-order valence-electron chi connectivity index (χ4n) is 1.56. The first-order valence-corrected chi connectivity index (χ1v) is 6.19. The molecule has 1 aromatic rings. The normalized spacial score (nSPS) is 12.2. The van der Waals surface area contributed by atoms with Gasteiger partial charge in [0.15, 0.2) is 0 Å². The first kappa shape index (κ1) is 15.1. The minimum atomic E-state index is -0.307. The van der Waals surface area contributed by atoms with Gasteiger partial charge in [0.2, 0.25) is 0 Å². The third kappa shape index (κ3) is 4.37. The second-order valence-corrected chi connectivity index (χ2v) is 4.82. The van der Waals surface area contributed by atoms with E-state index in [1.165, 1.54) is 13.2 Å². The zero-order chi connectivity index (χ0) is 13.7. The smallest absolute Gasteiger partial charge is 0.305 e. The Morgan fingerprint density at radius 2 is 2.17 bits per heavy atom. The largest absolute Gasteiger partial charge is 0.506 e. The summed E-state index contributed by atoms with van der Waals surface area (Å²) >= 11 is 11.6. The molecule has 0 radical (unpaired) electrons. The molecule has 0 saturated heterocycles. The Kier molecular flexibility index (Phi) is 5.72. The van der Waals surface area contributed by atoms with Gasteiger partial charge >= 0.3 is 5.97 Å². The van der Waals surface area contributed by atoms with Gasteiger partial charge in [0.25, 0.3) is 0 Å². The molecule has 0 saturated carbocycles. The highest BCUT2D eigenvalue weighted by Gasteiger charge is 2.13. The van der Waals surface area contributed by atoms with Gasteiger partial charge in [-0.3, -0.25) is 4.79 Å². The lowest BCUT2D eigenvalue weighted by molar-refractivity contribution is -0.140. The number of carbonyl (C=O) groups excluding carboxylic acids is 1. The second kappa shape index (κ2) is 6.83. The summed E-state index contributed by atoms with van der Waals surface area (Å²) in [5, 5.41) is 10.4. The van der Waals surface area contributed by atoms with Gasteiger partial charge in [-0.1, -0.05) is 23.2 Å². The highest BCUT2D eigenvalue weighted by Crippen LogP contribution is 2.31. The molecule has 1 rings (SSSR count). The van der Waals surface area contributed by atoms with Crippen molar-refractivity contribution in [3.63, 3.8) is 0 Å². The van der Waals surface area contributed by atoms with E-state index in [0.29, 0.717) is 23.4 Å². The van der Waals surface area contributed by atoms with Crippen LogP contribution >= 0.6 is 23.2 Å². The van der Waals surface area contributed by atoms with Gasteiger partial charge < -0.3 is 15.6 Å². The van der Waals surface area contributed by atoms with Crippen LogP contribution in [0.25, 0.3) is 0 Å². The molecule has 18 heavy (non-hydrogen) atoms. The van der Waals surface area contributed by atoms with Crippen LogP contribution in [0.5, 0.6) is 5.75 Å². The van der Waals surface area contributed by atoms with Crippen molar-refractivity contribution in [2.75, 3.05) is 7.11 Å². The zero-order valence-electron chi connectivity index (χ0n) is 9.95. The number of hydrogen-bond acceptors (Lipinski definition) is 4. The molecule has 0 amide bonds. The van der Waals surface area contributed by atoms with Crippen LogP contribution < -0.4 is 5.73 Å². The number of benzene rings is 1. The van der Waals surface area contributed by atoms with Crippen molar-refractivity contribution in [1.82, 2.24) is 0 Å². The maximum atomic E-state index is 11.0. The van der Waals surface area contributed by atoms with E-state index in [-0.39, 0.29) is 29.2 Å². The van der Waals surface area contributed by atoms with Gasteiger partial charge in [0.05, 0.1) is 12.1 Å². The molecule has 1 atom stereocenters. The van der Waals surface area contributed by atoms with Crippen molar-refractivity contribution in [3.05, 3.63) is 27.7 Å². The van der Waals surface area contributed by atoms with Crippen molar-refractivity contribution < 1.29 is 14.6 Å². The third-order valence-electron chi connectivity index (χ3n) is 2.54. The molecule has 0 aliphatic heterocycles. The van der Waals surface area contributed by atoms with Gasteiger partial charge in [0, 0.05) is 17.5 Å². The molecular formula is C12H15Cl2NO3. The number of halogens is 2. The predicted molar refractivity (Wildman–Crippen MR) is 71.1 cm³/mol. The summed E-state index contributed by atoms with van der Waals surface area (Å²) in [5.74, 6) is -0.326. The van der Waals surface area contributed by atoms with E-state index in [2.05, 4.69) is 4.74 Å². The molecular weight excluding hydrogens is 277 g/mol. The number of nitrogens with two attached hydrogens (primary N) is 1. The minimum absolute atomic E-state index is 0.0189. The summed E-state index contributed by atoms with van der Waals surface area (Å²) < 4.78 is 4.53. The van der Waals surface area contributed by atoms with E-state index in [4.69, 9.17) is 28.9 Å². The predicted octanol–water partition coefficient (Wildman–Crippen LogP) is 2.52. The molecule has 0 fully saturated rings. The maximum Gasteiger partial charge on any atom is 0.305 e. The third-order valence-corrected chi connectivity index (χ3v) is 3.04. The molecule has 0 aliphatic carbocycles. The number of aromatic hydroxyl groups is 1. The molecule has 0 aliphatic rings. The van der Waals surface area contributed by atoms with Crippen molar-refractivity contribution in [2.45, 2.75) is 25.3 Å². The van der Waals surface area contributed by atoms with Crippen LogP contribution in [0.15, 0.2) is 12.1 Å². The molecule has 0 aromatic heterocycles. The molecule has 0 spiro atoms. The van der Waals surface area contributed by atoms with Crippen LogP contribution in [-0.4, -0.2) is 24.2 Å². The molecule has 3 N–H and O–H groups in total. The minimum Gasteiger partial charge on any atom is -0.506 e. The lowest BCUT2D eigenvalue weighted by Gasteiger charge is -2.13. The van der Waals surface area contributed by atoms with Gasteiger partial charge in [-0.2, -0.15) is 0 Å². The first-order chi connectivity index (χ1) is 8.43. The van der Waals surface area contributed by atoms with Crippen LogP contribution in [-0.2, 0) is 16.0 Å². The summed E-state index contributed by atoms with van der Waals surface area (Å²) in [6.07, 6.45) is 1.10. The van der Waals surface area contributed by atoms with Gasteiger partial charge in [-0.05, 0) is 30.5 Å². The number of rotatable bonds is 5. The lowest BCUT2D eigenvalue weighted by atomic mass is 10.0. The monoisotopic (exact) mass is 291 g/mol. The van der Waals surface area contributed by atoms with E-state index in [9.17, 15) is 9.90 Å². The Balaban J connectivity index is 2.64. The van der Waals surface area contributed by atoms with Crippen LogP contribution in [0, 0.1) is 0 Å². The van der Waals surface area contributed by atoms with E-state index >= 15 is 0 Å². The van der Waals surface area contributed by atoms with Gasteiger partial charge in [-0.15, -0.1) is 0 Å². The Bertz CT molecular complexity index is 438. The standard InChI is InChI=1S/C12H15Cl2NO3/c1-18-11(16)3-2-9(15)5-7-4-8(13)6-10(14)12(7)17/h4,6,9,17H,2-3,5,15H2,1H3. The van der Waals surface area contributed by atoms with Crippen molar-refractivity contribution in [2.24, 2.45) is 5.73 Å². The van der Waals surface area contributed by atoms with E-state index in [0.717, 1.165) is 0 Å². The molecule has 0 heterocycles. The van der Waals surface area contributed by atoms with Crippen molar-refractivity contribution in [1.29, 1.82) is 0 Å². The summed E-state index contributed by atoms with van der Waals surface area (Å²) in [5.41, 5.74) is 6.45. The molecule has 100 valence electrons. The molecule has 1 unspecified atom stereocenters. The average molecular weight is 292 g/mol. The molecule has 4 nitrogen and oxygen atoms in total. The quantitative estimate of drug-likeness (QED) is 0.818. The highest BCUT2D eigenvalue weighted by atomic mass is 35.5. The number of carbonyl (C=O) groups is 1. The fourth-order valence-corrected chi connectivity index (χ4v) is 2.10. The summed E-state index contributed by atoms with van der Waals surface area (Å²) in [6, 6.07) is 2.80. The number of ether oxygens (including phenoxy) is 1. The number of esters is 1. The summed E-state index contributed by atoms with van der Waals surface area (Å²) in [7, 11) is 1.33. The Morgan fingerprint density at radius 3 is 2.78 bits per heavy atom. The maximum absolute atomic E-state index is 11.0. The van der Waals surface area contributed by atoms with Crippen LogP contribution in [0.3, 0.4) is 0 Å². The number of phenols is 1. The number of methoxy groups -OCH3 is 1. The molecule has 6 heteroatoms. The van der Waals surface area contributed by atoms with Crippen LogP contribution in [0.1, 0.15) is 18.4 Å². The Hall–Kier alpha value is -0.970. The Morgan fingerprint density at radius 1 is 1.50 bits per heavy atom. The second-order valence-electron chi connectivity index (χ2n) is 3.97. The highest BCUT2D eigenvalue weighted by molar-refractivity contribution is 6.35. The van der Waals surface area contributed by atoms with Crippen LogP contribution in [0.2, 0.25) is 10.0 Å². The number of hydrogen-bond donors (Lipinski definition) is 2. The summed E-state index contributed by atoms with van der Waals surface area (Å²) in [6.45, 7) is 0. The SMILES string of the molecule is COC(=O)CCC(N)Cc1cc(Cl)cc(Cl)c1O. The van der Waals surface area contributed by atoms with E-state index in [1.54, 1.807) is 6.07 Å². The zero-order valence-corrected chi connectivity index (χ0v) is 11.5. The fraction of sp³-hybridized carbons (Fsp3) is 0.417. The van der Waals surface area contributed by atoms with E-state index in [1.807, 2.05) is 0 Å². The lowest BCUT2D eigenvalue weighted by Crippen LogP contribution is -2.24. The first-order valence-electron chi connectivity index (χ1n) is 5.43.